The lowest BCUT2D eigenvalue weighted by molar-refractivity contribution is -0.166. The Kier molecular flexibility index (Phi) is 7.61. The van der Waals surface area contributed by atoms with Crippen LogP contribution in [0.1, 0.15) is 25.8 Å². The first-order chi connectivity index (χ1) is 15.4. The van der Waals surface area contributed by atoms with Crippen LogP contribution in [0.5, 0.6) is 0 Å². The molecule has 2 aromatic rings. The third kappa shape index (κ3) is 5.33. The molecule has 0 bridgehead atoms. The third-order valence-corrected chi connectivity index (χ3v) is 5.78. The maximum absolute atomic E-state index is 12.8. The van der Waals surface area contributed by atoms with E-state index in [4.69, 9.17) is 9.94 Å². The van der Waals surface area contributed by atoms with E-state index in [9.17, 15) is 14.4 Å². The fourth-order valence-electron chi connectivity index (χ4n) is 3.69. The number of hydrogen-bond donors (Lipinski definition) is 3. The van der Waals surface area contributed by atoms with Crippen molar-refractivity contribution in [2.75, 3.05) is 19.6 Å². The summed E-state index contributed by atoms with van der Waals surface area (Å²) in [7, 11) is 0. The van der Waals surface area contributed by atoms with Crippen molar-refractivity contribution in [3.05, 3.63) is 60.2 Å². The summed E-state index contributed by atoms with van der Waals surface area (Å²) >= 11 is 0. The van der Waals surface area contributed by atoms with E-state index in [0.29, 0.717) is 19.5 Å². The summed E-state index contributed by atoms with van der Waals surface area (Å²) in [6, 6.07) is 17.5. The van der Waals surface area contributed by atoms with Crippen LogP contribution in [0.2, 0.25) is 0 Å². The number of hydrogen-bond acceptors (Lipinski definition) is 5. The molecule has 3 rings (SSSR count). The molecule has 1 aliphatic heterocycles. The highest BCUT2D eigenvalue weighted by Crippen LogP contribution is 2.22. The molecule has 1 heterocycles. The predicted octanol–water partition coefficient (Wildman–Crippen LogP) is 2.12. The molecule has 3 N–H and O–H groups in total. The monoisotopic (exact) mass is 439 g/mol. The number of ether oxygens (including phenoxy) is 1. The third-order valence-electron chi connectivity index (χ3n) is 5.78. The van der Waals surface area contributed by atoms with E-state index in [1.165, 1.54) is 12.4 Å². The number of amides is 3. The van der Waals surface area contributed by atoms with Crippen molar-refractivity contribution in [3.63, 3.8) is 0 Å². The van der Waals surface area contributed by atoms with Gasteiger partial charge >= 0.3 is 0 Å². The van der Waals surface area contributed by atoms with E-state index in [1.54, 1.807) is 4.90 Å². The van der Waals surface area contributed by atoms with Gasteiger partial charge in [-0.3, -0.25) is 19.6 Å². The van der Waals surface area contributed by atoms with Gasteiger partial charge in [-0.2, -0.15) is 0 Å². The first kappa shape index (κ1) is 23.4. The summed E-state index contributed by atoms with van der Waals surface area (Å²) in [5.74, 6) is -1.61. The van der Waals surface area contributed by atoms with Crippen molar-refractivity contribution in [1.29, 1.82) is 0 Å². The first-order valence-corrected chi connectivity index (χ1v) is 10.7. The van der Waals surface area contributed by atoms with Crippen LogP contribution in [0.25, 0.3) is 11.1 Å². The lowest BCUT2D eigenvalue weighted by Gasteiger charge is -2.27. The number of carbonyl (C=O) groups excluding carboxylic acids is 3. The van der Waals surface area contributed by atoms with Crippen molar-refractivity contribution in [1.82, 2.24) is 15.7 Å². The SMILES string of the molecule is CCN1CC(CNC(=O)C(C)(OCc2ccc(-c3ccccc3)cc2)C(=O)NO)CC1=O. The zero-order chi connectivity index (χ0) is 23.1. The molecule has 1 aliphatic rings. The fourth-order valence-corrected chi connectivity index (χ4v) is 3.69. The van der Waals surface area contributed by atoms with Gasteiger partial charge in [0.25, 0.3) is 11.8 Å². The molecule has 0 radical (unpaired) electrons. The summed E-state index contributed by atoms with van der Waals surface area (Å²) in [4.78, 5) is 38.7. The standard InChI is InChI=1S/C24H29N3O5/c1-3-27-15-18(13-21(27)28)14-25-22(29)24(2,23(30)26-31)32-16-17-9-11-20(12-10-17)19-7-5-4-6-8-19/h4-12,18,31H,3,13-16H2,1-2H3,(H,25,29)(H,26,30). The molecule has 32 heavy (non-hydrogen) atoms. The van der Waals surface area contributed by atoms with E-state index in [-0.39, 0.29) is 25.0 Å². The molecule has 8 heteroatoms. The Hall–Kier alpha value is -3.23. The molecule has 8 nitrogen and oxygen atoms in total. The highest BCUT2D eigenvalue weighted by molar-refractivity contribution is 6.07. The molecule has 2 unspecified atom stereocenters. The van der Waals surface area contributed by atoms with Gasteiger partial charge in [0.05, 0.1) is 6.61 Å². The van der Waals surface area contributed by atoms with E-state index in [1.807, 2.05) is 61.5 Å². The smallest absolute Gasteiger partial charge is 0.285 e. The van der Waals surface area contributed by atoms with Gasteiger partial charge in [0, 0.05) is 32.0 Å². The van der Waals surface area contributed by atoms with E-state index in [2.05, 4.69) is 5.32 Å². The van der Waals surface area contributed by atoms with Crippen LogP contribution in [0.3, 0.4) is 0 Å². The Labute approximate surface area is 187 Å². The Morgan fingerprint density at radius 1 is 1.09 bits per heavy atom. The Morgan fingerprint density at radius 2 is 1.75 bits per heavy atom. The molecule has 3 amide bonds. The summed E-state index contributed by atoms with van der Waals surface area (Å²) in [6.07, 6.45) is 0.353. The molecule has 1 saturated heterocycles. The van der Waals surface area contributed by atoms with Crippen LogP contribution in [-0.2, 0) is 25.7 Å². The Morgan fingerprint density at radius 3 is 2.34 bits per heavy atom. The van der Waals surface area contributed by atoms with Crippen molar-refractivity contribution < 1.29 is 24.3 Å². The van der Waals surface area contributed by atoms with Gasteiger partial charge in [-0.15, -0.1) is 0 Å². The molecule has 0 aromatic heterocycles. The predicted molar refractivity (Wildman–Crippen MR) is 118 cm³/mol. The van der Waals surface area contributed by atoms with E-state index < -0.39 is 17.4 Å². The van der Waals surface area contributed by atoms with Gasteiger partial charge in [-0.05, 0) is 30.5 Å². The molecule has 0 saturated carbocycles. The molecule has 0 aliphatic carbocycles. The number of benzene rings is 2. The molecule has 2 aromatic carbocycles. The largest absolute Gasteiger partial charge is 0.353 e. The lowest BCUT2D eigenvalue weighted by atomic mass is 10.0. The van der Waals surface area contributed by atoms with Gasteiger partial charge in [0.1, 0.15) is 0 Å². The normalized spacial score (nSPS) is 17.7. The summed E-state index contributed by atoms with van der Waals surface area (Å²) in [5.41, 5.74) is 2.48. The van der Waals surface area contributed by atoms with Crippen molar-refractivity contribution in [2.45, 2.75) is 32.5 Å². The molecular formula is C24H29N3O5. The Balaban J connectivity index is 1.62. The van der Waals surface area contributed by atoms with Crippen LogP contribution in [-0.4, -0.2) is 53.1 Å². The second-order valence-corrected chi connectivity index (χ2v) is 8.04. The van der Waals surface area contributed by atoms with Crippen LogP contribution >= 0.6 is 0 Å². The molecule has 0 spiro atoms. The highest BCUT2D eigenvalue weighted by atomic mass is 16.5. The zero-order valence-corrected chi connectivity index (χ0v) is 18.3. The maximum atomic E-state index is 12.8. The number of likely N-dealkylation sites (tertiary alicyclic amines) is 1. The average Bonchev–Trinajstić information content (AvgIpc) is 3.20. The number of nitrogens with one attached hydrogen (secondary N) is 2. The second kappa shape index (κ2) is 10.4. The quantitative estimate of drug-likeness (QED) is 0.315. The van der Waals surface area contributed by atoms with Crippen LogP contribution in [0.4, 0.5) is 0 Å². The minimum atomic E-state index is -1.93. The molecule has 2 atom stereocenters. The summed E-state index contributed by atoms with van der Waals surface area (Å²) < 4.78 is 5.69. The van der Waals surface area contributed by atoms with E-state index in [0.717, 1.165) is 16.7 Å². The fraction of sp³-hybridized carbons (Fsp3) is 0.375. The number of rotatable bonds is 9. The van der Waals surface area contributed by atoms with Gasteiger partial charge in [0.15, 0.2) is 0 Å². The van der Waals surface area contributed by atoms with Crippen LogP contribution < -0.4 is 10.8 Å². The van der Waals surface area contributed by atoms with Crippen LogP contribution in [0, 0.1) is 5.92 Å². The number of nitrogens with zero attached hydrogens (tertiary/aromatic N) is 1. The van der Waals surface area contributed by atoms with Crippen LogP contribution in [0.15, 0.2) is 54.6 Å². The van der Waals surface area contributed by atoms with Gasteiger partial charge in [-0.25, -0.2) is 5.48 Å². The van der Waals surface area contributed by atoms with Crippen molar-refractivity contribution in [2.24, 2.45) is 5.92 Å². The molecule has 1 fully saturated rings. The number of hydroxylamine groups is 1. The van der Waals surface area contributed by atoms with Gasteiger partial charge in [-0.1, -0.05) is 54.6 Å². The maximum Gasteiger partial charge on any atom is 0.285 e. The molecular weight excluding hydrogens is 410 g/mol. The van der Waals surface area contributed by atoms with E-state index >= 15 is 0 Å². The highest BCUT2D eigenvalue weighted by Gasteiger charge is 2.43. The lowest BCUT2D eigenvalue weighted by Crippen LogP contribution is -2.56. The summed E-state index contributed by atoms with van der Waals surface area (Å²) in [5, 5.41) is 11.8. The number of carbonyl (C=O) groups is 3. The minimum absolute atomic E-state index is 0.00205. The second-order valence-electron chi connectivity index (χ2n) is 8.04. The van der Waals surface area contributed by atoms with Gasteiger partial charge in [0.2, 0.25) is 11.5 Å². The molecule has 170 valence electrons. The minimum Gasteiger partial charge on any atom is -0.353 e. The zero-order valence-electron chi connectivity index (χ0n) is 18.3. The average molecular weight is 440 g/mol. The van der Waals surface area contributed by atoms with Gasteiger partial charge < -0.3 is 15.0 Å². The van der Waals surface area contributed by atoms with Crippen molar-refractivity contribution >= 4 is 17.7 Å². The summed E-state index contributed by atoms with van der Waals surface area (Å²) in [6.45, 7) is 4.64. The first-order valence-electron chi connectivity index (χ1n) is 10.7. The Bertz CT molecular complexity index is 948. The van der Waals surface area contributed by atoms with Crippen molar-refractivity contribution in [3.8, 4) is 11.1 Å². The topological polar surface area (TPSA) is 108 Å².